The van der Waals surface area contributed by atoms with Crippen LogP contribution in [0.2, 0.25) is 0 Å². The minimum Gasteiger partial charge on any atom is -0.396 e. The van der Waals surface area contributed by atoms with Crippen LogP contribution in [0.25, 0.3) is 0 Å². The molecule has 0 amide bonds. The third-order valence-electron chi connectivity index (χ3n) is 2.86. The molecule has 0 heterocycles. The van der Waals surface area contributed by atoms with Crippen LogP contribution in [0.15, 0.2) is 18.2 Å². The molecule has 1 rings (SSSR count). The maximum absolute atomic E-state index is 13.2. The first-order valence-corrected chi connectivity index (χ1v) is 5.32. The van der Waals surface area contributed by atoms with E-state index in [9.17, 15) is 17.6 Å². The number of hydrogen-bond donors (Lipinski definition) is 2. The zero-order valence-corrected chi connectivity index (χ0v) is 10.1. The lowest BCUT2D eigenvalue weighted by molar-refractivity contribution is -0.137. The molecule has 102 valence electrons. The van der Waals surface area contributed by atoms with Crippen LogP contribution in [0.5, 0.6) is 0 Å². The van der Waals surface area contributed by atoms with Crippen LogP contribution in [0.1, 0.15) is 31.0 Å². The Balaban J connectivity index is 3.23. The first kappa shape index (κ1) is 14.9. The summed E-state index contributed by atoms with van der Waals surface area (Å²) in [7, 11) is 0. The molecular weight excluding hydrogens is 250 g/mol. The fourth-order valence-electron chi connectivity index (χ4n) is 1.51. The Labute approximate surface area is 102 Å². The van der Waals surface area contributed by atoms with Gasteiger partial charge in [-0.2, -0.15) is 13.2 Å². The number of benzene rings is 1. The number of aliphatic hydroxyl groups excluding tert-OH is 1. The Bertz CT molecular complexity index is 429. The fraction of sp³-hybridized carbons (Fsp3) is 0.500. The molecule has 1 atom stereocenters. The van der Waals surface area contributed by atoms with Crippen molar-refractivity contribution in [2.24, 2.45) is 11.1 Å². The first-order valence-electron chi connectivity index (χ1n) is 5.32. The summed E-state index contributed by atoms with van der Waals surface area (Å²) < 4.78 is 50.8. The van der Waals surface area contributed by atoms with E-state index in [0.717, 1.165) is 12.1 Å². The predicted molar refractivity (Wildman–Crippen MR) is 59.2 cm³/mol. The quantitative estimate of drug-likeness (QED) is 0.825. The van der Waals surface area contributed by atoms with Gasteiger partial charge in [-0.25, -0.2) is 4.39 Å². The highest BCUT2D eigenvalue weighted by Gasteiger charge is 2.34. The Hall–Kier alpha value is -1.14. The normalized spacial score (nSPS) is 14.7. The molecule has 2 nitrogen and oxygen atoms in total. The van der Waals surface area contributed by atoms with E-state index >= 15 is 0 Å². The Morgan fingerprint density at radius 3 is 2.22 bits per heavy atom. The van der Waals surface area contributed by atoms with Gasteiger partial charge in [0.1, 0.15) is 5.82 Å². The van der Waals surface area contributed by atoms with Gasteiger partial charge in [0.2, 0.25) is 0 Å². The van der Waals surface area contributed by atoms with Crippen molar-refractivity contribution in [3.63, 3.8) is 0 Å². The molecule has 6 heteroatoms. The lowest BCUT2D eigenvalue weighted by Gasteiger charge is -2.30. The number of aliphatic hydroxyl groups is 1. The Morgan fingerprint density at radius 1 is 1.22 bits per heavy atom. The van der Waals surface area contributed by atoms with Crippen LogP contribution in [-0.4, -0.2) is 11.7 Å². The van der Waals surface area contributed by atoms with Crippen molar-refractivity contribution < 1.29 is 22.7 Å². The van der Waals surface area contributed by atoms with E-state index in [0.29, 0.717) is 6.07 Å². The van der Waals surface area contributed by atoms with Gasteiger partial charge < -0.3 is 10.8 Å². The van der Waals surface area contributed by atoms with Crippen LogP contribution < -0.4 is 5.73 Å². The molecule has 18 heavy (non-hydrogen) atoms. The molecule has 1 aromatic carbocycles. The molecule has 0 aliphatic heterocycles. The zero-order chi connectivity index (χ0) is 14.1. The third-order valence-corrected chi connectivity index (χ3v) is 2.86. The molecule has 0 unspecified atom stereocenters. The first-order chi connectivity index (χ1) is 8.08. The predicted octanol–water partition coefficient (Wildman–Crippen LogP) is 2.86. The summed E-state index contributed by atoms with van der Waals surface area (Å²) >= 11 is 0. The van der Waals surface area contributed by atoms with Crippen molar-refractivity contribution in [2.75, 3.05) is 6.61 Å². The Kier molecular flexibility index (Phi) is 4.02. The van der Waals surface area contributed by atoms with E-state index in [-0.39, 0.29) is 12.2 Å². The lowest BCUT2D eigenvalue weighted by Crippen LogP contribution is -2.32. The highest BCUT2D eigenvalue weighted by Crippen LogP contribution is 2.35. The SMILES string of the molecule is CC(C)(CO)[C@H](N)c1cc(F)cc(C(F)(F)F)c1. The van der Waals surface area contributed by atoms with Gasteiger partial charge >= 0.3 is 6.18 Å². The smallest absolute Gasteiger partial charge is 0.396 e. The van der Waals surface area contributed by atoms with Crippen LogP contribution >= 0.6 is 0 Å². The van der Waals surface area contributed by atoms with Crippen LogP contribution in [0.4, 0.5) is 17.6 Å². The molecule has 1 aromatic rings. The number of hydrogen-bond acceptors (Lipinski definition) is 2. The second-order valence-electron chi connectivity index (χ2n) is 4.90. The molecule has 0 spiro atoms. The summed E-state index contributed by atoms with van der Waals surface area (Å²) in [6, 6.07) is 1.30. The summed E-state index contributed by atoms with van der Waals surface area (Å²) in [5.74, 6) is -0.996. The monoisotopic (exact) mass is 265 g/mol. The highest BCUT2D eigenvalue weighted by molar-refractivity contribution is 5.30. The van der Waals surface area contributed by atoms with Gasteiger partial charge in [0.15, 0.2) is 0 Å². The minimum absolute atomic E-state index is 0.0152. The van der Waals surface area contributed by atoms with Crippen molar-refractivity contribution in [1.29, 1.82) is 0 Å². The van der Waals surface area contributed by atoms with E-state index in [1.807, 2.05) is 0 Å². The summed E-state index contributed by atoms with van der Waals surface area (Å²) in [6.07, 6.45) is -4.63. The number of alkyl halides is 3. The second kappa shape index (κ2) is 4.85. The van der Waals surface area contributed by atoms with Gasteiger partial charge in [-0.05, 0) is 23.8 Å². The van der Waals surface area contributed by atoms with Gasteiger partial charge in [0.25, 0.3) is 0 Å². The fourth-order valence-corrected chi connectivity index (χ4v) is 1.51. The Morgan fingerprint density at radius 2 is 1.78 bits per heavy atom. The molecule has 0 aliphatic carbocycles. The number of halogens is 4. The van der Waals surface area contributed by atoms with Crippen LogP contribution in [-0.2, 0) is 6.18 Å². The molecule has 0 bridgehead atoms. The second-order valence-corrected chi connectivity index (χ2v) is 4.90. The van der Waals surface area contributed by atoms with E-state index < -0.39 is 29.0 Å². The van der Waals surface area contributed by atoms with Crippen molar-refractivity contribution in [3.8, 4) is 0 Å². The molecule has 0 aliphatic rings. The van der Waals surface area contributed by atoms with Gasteiger partial charge in [0, 0.05) is 18.1 Å². The zero-order valence-electron chi connectivity index (χ0n) is 10.1. The standard InChI is InChI=1S/C12H15F4NO/c1-11(2,6-18)10(17)7-3-8(12(14,15)16)5-9(13)4-7/h3-5,10,18H,6,17H2,1-2H3/t10-/m1/s1. The maximum atomic E-state index is 13.2. The largest absolute Gasteiger partial charge is 0.416 e. The third kappa shape index (κ3) is 3.20. The maximum Gasteiger partial charge on any atom is 0.416 e. The number of nitrogens with two attached hydrogens (primary N) is 1. The van der Waals surface area contributed by atoms with Gasteiger partial charge in [-0.15, -0.1) is 0 Å². The molecule has 0 radical (unpaired) electrons. The number of rotatable bonds is 3. The lowest BCUT2D eigenvalue weighted by atomic mass is 9.81. The van der Waals surface area contributed by atoms with Gasteiger partial charge in [-0.1, -0.05) is 13.8 Å². The molecular formula is C12H15F4NO. The molecule has 0 aromatic heterocycles. The minimum atomic E-state index is -4.63. The summed E-state index contributed by atoms with van der Waals surface area (Å²) in [5, 5.41) is 9.13. The average molecular weight is 265 g/mol. The van der Waals surface area contributed by atoms with Crippen LogP contribution in [0, 0.1) is 11.2 Å². The van der Waals surface area contributed by atoms with E-state index in [1.165, 1.54) is 0 Å². The molecule has 0 fully saturated rings. The summed E-state index contributed by atoms with van der Waals surface area (Å²) in [6.45, 7) is 2.87. The molecule has 0 saturated carbocycles. The molecule has 3 N–H and O–H groups in total. The van der Waals surface area contributed by atoms with Crippen molar-refractivity contribution in [3.05, 3.63) is 35.1 Å². The van der Waals surface area contributed by atoms with E-state index in [2.05, 4.69) is 0 Å². The van der Waals surface area contributed by atoms with Gasteiger partial charge in [-0.3, -0.25) is 0 Å². The van der Waals surface area contributed by atoms with E-state index in [1.54, 1.807) is 13.8 Å². The van der Waals surface area contributed by atoms with Gasteiger partial charge in [0.05, 0.1) is 5.56 Å². The van der Waals surface area contributed by atoms with Crippen LogP contribution in [0.3, 0.4) is 0 Å². The highest BCUT2D eigenvalue weighted by atomic mass is 19.4. The summed E-state index contributed by atoms with van der Waals surface area (Å²) in [4.78, 5) is 0. The van der Waals surface area contributed by atoms with Crippen molar-refractivity contribution in [1.82, 2.24) is 0 Å². The topological polar surface area (TPSA) is 46.2 Å². The molecule has 0 saturated heterocycles. The van der Waals surface area contributed by atoms with E-state index in [4.69, 9.17) is 10.8 Å². The van der Waals surface area contributed by atoms with Crippen molar-refractivity contribution >= 4 is 0 Å². The summed E-state index contributed by atoms with van der Waals surface area (Å²) in [5.41, 5.74) is 3.87. The average Bonchev–Trinajstić information content (AvgIpc) is 2.26. The van der Waals surface area contributed by atoms with Crippen molar-refractivity contribution in [2.45, 2.75) is 26.1 Å².